The molecule has 0 unspecified atom stereocenters. The zero-order chi connectivity index (χ0) is 16.6. The Bertz CT molecular complexity index is 922. The van der Waals surface area contributed by atoms with Crippen molar-refractivity contribution in [1.29, 1.82) is 0 Å². The van der Waals surface area contributed by atoms with Crippen LogP contribution in [0.2, 0.25) is 0 Å². The van der Waals surface area contributed by atoms with E-state index in [-0.39, 0.29) is 17.2 Å². The van der Waals surface area contributed by atoms with Gasteiger partial charge in [-0.25, -0.2) is 15.0 Å². The summed E-state index contributed by atoms with van der Waals surface area (Å²) in [6, 6.07) is 3.03. The molecule has 116 valence electrons. The number of pyridine rings is 1. The maximum atomic E-state index is 13.2. The smallest absolute Gasteiger partial charge is 0.361 e. The average molecular weight is 318 g/mol. The second-order valence-corrected chi connectivity index (χ2v) is 4.59. The highest BCUT2D eigenvalue weighted by molar-refractivity contribution is 5.79. The predicted octanol–water partition coefficient (Wildman–Crippen LogP) is 3.48. The van der Waals surface area contributed by atoms with Crippen LogP contribution in [0.1, 0.15) is 12.6 Å². The largest absolute Gasteiger partial charge is 0.434 e. The van der Waals surface area contributed by atoms with Gasteiger partial charge in [0.15, 0.2) is 5.69 Å². The van der Waals surface area contributed by atoms with Gasteiger partial charge in [0.1, 0.15) is 17.7 Å². The van der Waals surface area contributed by atoms with Gasteiger partial charge in [-0.3, -0.25) is 4.57 Å². The molecule has 0 bridgehead atoms. The highest BCUT2D eigenvalue weighted by Gasteiger charge is 2.37. The minimum absolute atomic E-state index is 0.0741. The molecule has 0 amide bonds. The van der Waals surface area contributed by atoms with Crippen LogP contribution < -0.4 is 0 Å². The lowest BCUT2D eigenvalue weighted by molar-refractivity contribution is -0.140. The number of rotatable bonds is 2. The highest BCUT2D eigenvalue weighted by atomic mass is 19.4. The van der Waals surface area contributed by atoms with Gasteiger partial charge in [-0.2, -0.15) is 13.2 Å². The van der Waals surface area contributed by atoms with Gasteiger partial charge in [0.25, 0.3) is 11.5 Å². The molecule has 0 aromatic carbocycles. The number of fused-ring (bicyclic) bond motifs is 1. The van der Waals surface area contributed by atoms with Crippen LogP contribution in [0.4, 0.5) is 19.0 Å². The molecule has 23 heavy (non-hydrogen) atoms. The van der Waals surface area contributed by atoms with Crippen LogP contribution >= 0.6 is 0 Å². The Kier molecular flexibility index (Phi) is 3.44. The number of hydrogen-bond donors (Lipinski definition) is 0. The molecular formula is C14H9F3N6. The van der Waals surface area contributed by atoms with Gasteiger partial charge >= 0.3 is 6.18 Å². The Labute approximate surface area is 128 Å². The SMILES string of the molecule is [C-]#[N+]c1ccc2nc(-c3cncnc3C(F)(F)F)n(CC)c2n1. The first-order chi connectivity index (χ1) is 11.0. The van der Waals surface area contributed by atoms with Crippen molar-refractivity contribution in [2.75, 3.05) is 0 Å². The molecule has 0 aliphatic rings. The zero-order valence-corrected chi connectivity index (χ0v) is 11.8. The summed E-state index contributed by atoms with van der Waals surface area (Å²) in [6.45, 7) is 9.10. The topological polar surface area (TPSA) is 60.9 Å². The lowest BCUT2D eigenvalue weighted by Crippen LogP contribution is -2.12. The maximum absolute atomic E-state index is 13.2. The highest BCUT2D eigenvalue weighted by Crippen LogP contribution is 2.35. The first-order valence-electron chi connectivity index (χ1n) is 6.58. The minimum Gasteiger partial charge on any atom is -0.361 e. The molecule has 0 aliphatic heterocycles. The number of aryl methyl sites for hydroxylation is 1. The van der Waals surface area contributed by atoms with E-state index in [1.807, 2.05) is 0 Å². The van der Waals surface area contributed by atoms with E-state index in [9.17, 15) is 13.2 Å². The Balaban J connectivity index is 2.32. The molecule has 0 saturated heterocycles. The van der Waals surface area contributed by atoms with Gasteiger partial charge in [-0.05, 0) is 19.1 Å². The summed E-state index contributed by atoms with van der Waals surface area (Å²) in [7, 11) is 0. The van der Waals surface area contributed by atoms with Gasteiger partial charge in [-0.1, -0.05) is 11.6 Å². The Morgan fingerprint density at radius 1 is 1.26 bits per heavy atom. The van der Waals surface area contributed by atoms with Gasteiger partial charge in [0, 0.05) is 12.7 Å². The third-order valence-electron chi connectivity index (χ3n) is 3.23. The number of alkyl halides is 3. The molecular weight excluding hydrogens is 309 g/mol. The van der Waals surface area contributed by atoms with E-state index < -0.39 is 11.9 Å². The molecule has 3 rings (SSSR count). The van der Waals surface area contributed by atoms with Crippen molar-refractivity contribution in [2.24, 2.45) is 0 Å². The van der Waals surface area contributed by atoms with Crippen molar-refractivity contribution in [3.63, 3.8) is 0 Å². The lowest BCUT2D eigenvalue weighted by Gasteiger charge is -2.11. The van der Waals surface area contributed by atoms with Crippen LogP contribution in [0.3, 0.4) is 0 Å². The summed E-state index contributed by atoms with van der Waals surface area (Å²) < 4.78 is 41.0. The summed E-state index contributed by atoms with van der Waals surface area (Å²) in [6.07, 6.45) is -2.69. The van der Waals surface area contributed by atoms with Crippen LogP contribution in [0.15, 0.2) is 24.7 Å². The average Bonchev–Trinajstić information content (AvgIpc) is 2.91. The van der Waals surface area contributed by atoms with Gasteiger partial charge in [-0.15, -0.1) is 0 Å². The Morgan fingerprint density at radius 2 is 2.04 bits per heavy atom. The van der Waals surface area contributed by atoms with Gasteiger partial charge < -0.3 is 4.85 Å². The summed E-state index contributed by atoms with van der Waals surface area (Å²) in [5.41, 5.74) is -0.508. The minimum atomic E-state index is -4.62. The van der Waals surface area contributed by atoms with E-state index in [0.29, 0.717) is 17.7 Å². The number of imidazole rings is 1. The molecule has 6 nitrogen and oxygen atoms in total. The fourth-order valence-corrected chi connectivity index (χ4v) is 2.28. The standard InChI is InChI=1S/C14H9F3N6/c1-3-23-12(8-6-19-7-20-11(8)14(15,16)17)21-9-4-5-10(18-2)22-13(9)23/h4-7H,3H2,1H3. The third kappa shape index (κ3) is 2.48. The lowest BCUT2D eigenvalue weighted by atomic mass is 10.2. The molecule has 3 heterocycles. The number of aromatic nitrogens is 5. The molecule has 0 radical (unpaired) electrons. The van der Waals surface area contributed by atoms with Crippen molar-refractivity contribution >= 4 is 17.0 Å². The number of hydrogen-bond acceptors (Lipinski definition) is 4. The second-order valence-electron chi connectivity index (χ2n) is 4.59. The van der Waals surface area contributed by atoms with Crippen LogP contribution in [0.5, 0.6) is 0 Å². The van der Waals surface area contributed by atoms with Crippen molar-refractivity contribution in [3.05, 3.63) is 41.8 Å². The van der Waals surface area contributed by atoms with E-state index >= 15 is 0 Å². The summed E-state index contributed by atoms with van der Waals surface area (Å²) in [5, 5.41) is 0. The van der Waals surface area contributed by atoms with Crippen molar-refractivity contribution in [3.8, 4) is 11.4 Å². The molecule has 3 aromatic heterocycles. The predicted molar refractivity (Wildman–Crippen MR) is 75.5 cm³/mol. The molecule has 0 aliphatic carbocycles. The van der Waals surface area contributed by atoms with Crippen LogP contribution in [0, 0.1) is 6.57 Å². The molecule has 0 fully saturated rings. The summed E-state index contributed by atoms with van der Waals surface area (Å²) in [5.74, 6) is 0.226. The first-order valence-corrected chi connectivity index (χ1v) is 6.58. The number of nitrogens with zero attached hydrogens (tertiary/aromatic N) is 6. The zero-order valence-electron chi connectivity index (χ0n) is 11.8. The molecule has 0 saturated carbocycles. The fraction of sp³-hybridized carbons (Fsp3) is 0.214. The quantitative estimate of drug-likeness (QED) is 0.679. The van der Waals surface area contributed by atoms with Crippen molar-refractivity contribution < 1.29 is 13.2 Å². The van der Waals surface area contributed by atoms with E-state index in [0.717, 1.165) is 12.5 Å². The summed E-state index contributed by atoms with van der Waals surface area (Å²) in [4.78, 5) is 18.6. The third-order valence-corrected chi connectivity index (χ3v) is 3.23. The van der Waals surface area contributed by atoms with Gasteiger partial charge in [0.05, 0.1) is 5.56 Å². The molecule has 0 spiro atoms. The molecule has 0 N–H and O–H groups in total. The summed E-state index contributed by atoms with van der Waals surface area (Å²) >= 11 is 0. The van der Waals surface area contributed by atoms with Crippen molar-refractivity contribution in [2.45, 2.75) is 19.6 Å². The molecule has 9 heteroatoms. The molecule has 3 aromatic rings. The fourth-order valence-electron chi connectivity index (χ4n) is 2.28. The monoisotopic (exact) mass is 318 g/mol. The van der Waals surface area contributed by atoms with E-state index in [1.54, 1.807) is 13.0 Å². The van der Waals surface area contributed by atoms with Crippen LogP contribution in [-0.4, -0.2) is 24.5 Å². The van der Waals surface area contributed by atoms with E-state index in [2.05, 4.69) is 24.8 Å². The first kappa shape index (κ1) is 14.9. The van der Waals surface area contributed by atoms with Crippen LogP contribution in [-0.2, 0) is 12.7 Å². The van der Waals surface area contributed by atoms with Crippen molar-refractivity contribution in [1.82, 2.24) is 24.5 Å². The Morgan fingerprint density at radius 3 is 2.70 bits per heavy atom. The normalized spacial score (nSPS) is 11.6. The van der Waals surface area contributed by atoms with Crippen LogP contribution in [0.25, 0.3) is 27.4 Å². The maximum Gasteiger partial charge on any atom is 0.434 e. The Hall–Kier alpha value is -3.02. The number of halogens is 3. The van der Waals surface area contributed by atoms with E-state index in [1.165, 1.54) is 10.6 Å². The van der Waals surface area contributed by atoms with Gasteiger partial charge in [0.2, 0.25) is 0 Å². The second kappa shape index (κ2) is 5.31. The van der Waals surface area contributed by atoms with E-state index in [4.69, 9.17) is 6.57 Å². The molecule has 0 atom stereocenters.